The van der Waals surface area contributed by atoms with E-state index in [0.29, 0.717) is 19.3 Å². The molecule has 0 radical (unpaired) electrons. The zero-order chi connectivity index (χ0) is 51.1. The molecule has 0 heterocycles. The topological polar surface area (TPSA) is 78.9 Å². The van der Waals surface area contributed by atoms with Crippen LogP contribution in [0.25, 0.3) is 0 Å². The molecule has 0 fully saturated rings. The van der Waals surface area contributed by atoms with Crippen LogP contribution in [0.15, 0.2) is 0 Å². The summed E-state index contributed by atoms with van der Waals surface area (Å²) in [5.41, 5.74) is 0. The molecule has 0 aliphatic heterocycles. The third-order valence-corrected chi connectivity index (χ3v) is 15.4. The molecule has 0 aromatic rings. The monoisotopic (exact) mass is 989 g/mol. The molecule has 0 spiro atoms. The third-order valence-electron chi connectivity index (χ3n) is 15.4. The maximum atomic E-state index is 12.9. The first-order valence-electron chi connectivity index (χ1n) is 31.8. The van der Waals surface area contributed by atoms with Gasteiger partial charge in [0.1, 0.15) is 13.2 Å². The van der Waals surface area contributed by atoms with Crippen LogP contribution in [0, 0.1) is 11.8 Å². The van der Waals surface area contributed by atoms with Crippen molar-refractivity contribution in [3.63, 3.8) is 0 Å². The van der Waals surface area contributed by atoms with Crippen molar-refractivity contribution < 1.29 is 28.6 Å². The van der Waals surface area contributed by atoms with Gasteiger partial charge in [-0.1, -0.05) is 324 Å². The van der Waals surface area contributed by atoms with Gasteiger partial charge in [0.25, 0.3) is 0 Å². The second kappa shape index (κ2) is 56.7. The van der Waals surface area contributed by atoms with Crippen molar-refractivity contribution in [2.24, 2.45) is 11.8 Å². The van der Waals surface area contributed by atoms with Gasteiger partial charge in [-0.25, -0.2) is 0 Å². The molecular weight excluding hydrogens is 865 g/mol. The van der Waals surface area contributed by atoms with Gasteiger partial charge in [-0.05, 0) is 31.1 Å². The Morgan fingerprint density at radius 1 is 0.286 bits per heavy atom. The van der Waals surface area contributed by atoms with Gasteiger partial charge in [-0.15, -0.1) is 0 Å². The van der Waals surface area contributed by atoms with E-state index in [1.165, 1.54) is 250 Å². The minimum atomic E-state index is -0.764. The highest BCUT2D eigenvalue weighted by Crippen LogP contribution is 2.19. The Labute approximate surface area is 438 Å². The minimum absolute atomic E-state index is 0.0621. The number of rotatable bonds is 58. The molecule has 2 unspecified atom stereocenters. The normalized spacial score (nSPS) is 12.8. The number of hydrogen-bond donors (Lipinski definition) is 0. The molecule has 0 saturated heterocycles. The highest BCUT2D eigenvalue weighted by atomic mass is 16.6. The van der Waals surface area contributed by atoms with Gasteiger partial charge in [0.2, 0.25) is 0 Å². The second-order valence-corrected chi connectivity index (χ2v) is 22.5. The highest BCUT2D eigenvalue weighted by Gasteiger charge is 2.19. The quantitative estimate of drug-likeness (QED) is 0.0343. The zero-order valence-electron chi connectivity index (χ0n) is 48.2. The number of esters is 3. The van der Waals surface area contributed by atoms with Crippen molar-refractivity contribution in [1.82, 2.24) is 0 Å². The Kier molecular flexibility index (Phi) is 55.4. The van der Waals surface area contributed by atoms with Crippen molar-refractivity contribution in [2.75, 3.05) is 13.2 Å². The lowest BCUT2D eigenvalue weighted by Crippen LogP contribution is -2.30. The van der Waals surface area contributed by atoms with E-state index in [1.807, 2.05) is 0 Å². The predicted octanol–water partition coefficient (Wildman–Crippen LogP) is 21.2. The third kappa shape index (κ3) is 54.2. The molecular formula is C64H124O6. The number of unbranched alkanes of at least 4 members (excludes halogenated alkanes) is 41. The molecule has 0 aliphatic rings. The van der Waals surface area contributed by atoms with Gasteiger partial charge in [0.15, 0.2) is 6.10 Å². The molecule has 0 aromatic heterocycles. The Hall–Kier alpha value is -1.59. The maximum Gasteiger partial charge on any atom is 0.306 e. The van der Waals surface area contributed by atoms with E-state index in [-0.39, 0.29) is 31.1 Å². The van der Waals surface area contributed by atoms with Crippen molar-refractivity contribution in [2.45, 2.75) is 368 Å². The molecule has 70 heavy (non-hydrogen) atoms. The van der Waals surface area contributed by atoms with E-state index in [1.54, 1.807) is 0 Å². The fourth-order valence-electron chi connectivity index (χ4n) is 9.87. The van der Waals surface area contributed by atoms with Crippen LogP contribution in [-0.2, 0) is 28.6 Å². The van der Waals surface area contributed by atoms with Crippen LogP contribution in [-0.4, -0.2) is 37.2 Å². The van der Waals surface area contributed by atoms with Gasteiger partial charge < -0.3 is 14.2 Å². The molecule has 0 N–H and O–H groups in total. The molecule has 416 valence electrons. The number of carbonyl (C=O) groups excluding carboxylic acids is 3. The highest BCUT2D eigenvalue weighted by molar-refractivity contribution is 5.71. The lowest BCUT2D eigenvalue weighted by Gasteiger charge is -2.18. The van der Waals surface area contributed by atoms with E-state index in [2.05, 4.69) is 34.6 Å². The second-order valence-electron chi connectivity index (χ2n) is 22.5. The van der Waals surface area contributed by atoms with Crippen molar-refractivity contribution in [3.05, 3.63) is 0 Å². The Bertz CT molecular complexity index is 1080. The van der Waals surface area contributed by atoms with Gasteiger partial charge in [0, 0.05) is 19.3 Å². The summed E-state index contributed by atoms with van der Waals surface area (Å²) in [5.74, 6) is 0.946. The Morgan fingerprint density at radius 2 is 0.500 bits per heavy atom. The first-order valence-corrected chi connectivity index (χ1v) is 31.8. The number of carbonyl (C=O) groups is 3. The van der Waals surface area contributed by atoms with Crippen LogP contribution in [0.2, 0.25) is 0 Å². The van der Waals surface area contributed by atoms with Crippen molar-refractivity contribution in [1.29, 1.82) is 0 Å². The molecule has 0 bridgehead atoms. The van der Waals surface area contributed by atoms with E-state index >= 15 is 0 Å². The molecule has 0 amide bonds. The fraction of sp³-hybridized carbons (Fsp3) is 0.953. The summed E-state index contributed by atoms with van der Waals surface area (Å²) in [6, 6.07) is 0. The smallest absolute Gasteiger partial charge is 0.306 e. The summed E-state index contributed by atoms with van der Waals surface area (Å²) < 4.78 is 16.9. The van der Waals surface area contributed by atoms with Crippen LogP contribution in [0.5, 0.6) is 0 Å². The van der Waals surface area contributed by atoms with Crippen LogP contribution >= 0.6 is 0 Å². The number of ether oxygens (including phenoxy) is 3. The first kappa shape index (κ1) is 68.4. The lowest BCUT2D eigenvalue weighted by atomic mass is 9.99. The Morgan fingerprint density at radius 3 is 0.743 bits per heavy atom. The number of hydrogen-bond acceptors (Lipinski definition) is 6. The van der Waals surface area contributed by atoms with Crippen LogP contribution in [0.4, 0.5) is 0 Å². The van der Waals surface area contributed by atoms with E-state index in [4.69, 9.17) is 14.2 Å². The minimum Gasteiger partial charge on any atom is -0.462 e. The summed E-state index contributed by atoms with van der Waals surface area (Å²) >= 11 is 0. The first-order chi connectivity index (χ1) is 34.3. The maximum absolute atomic E-state index is 12.9. The average Bonchev–Trinajstić information content (AvgIpc) is 3.36. The Balaban J connectivity index is 4.27. The van der Waals surface area contributed by atoms with Crippen molar-refractivity contribution in [3.8, 4) is 0 Å². The SMILES string of the molecule is CCCCCCCCCCCCCCCCCCC(=O)OC[C@H](COC(=O)CCCCCCCCCCCCC(C)CC)OC(=O)CCCCCCCCCCCCCCCCCCCCC(C)CC. The van der Waals surface area contributed by atoms with E-state index in [9.17, 15) is 14.4 Å². The van der Waals surface area contributed by atoms with E-state index < -0.39 is 6.10 Å². The fourth-order valence-corrected chi connectivity index (χ4v) is 9.87. The molecule has 0 aromatic carbocycles. The lowest BCUT2D eigenvalue weighted by molar-refractivity contribution is -0.167. The standard InChI is InChI=1S/C64H124O6/c1-6-9-10-11-12-13-14-15-16-22-25-28-34-39-44-49-54-62(65)68-57-61(58-69-63(66)55-50-45-40-35-31-30-33-38-43-48-53-60(5)8-3)70-64(67)56-51-46-41-36-29-26-23-20-18-17-19-21-24-27-32-37-42-47-52-59(4)7-2/h59-61H,6-58H2,1-5H3/t59?,60?,61-/m1/s1. The van der Waals surface area contributed by atoms with Gasteiger partial charge in [-0.2, -0.15) is 0 Å². The summed E-state index contributed by atoms with van der Waals surface area (Å²) in [6.07, 6.45) is 62.3. The zero-order valence-corrected chi connectivity index (χ0v) is 48.2. The molecule has 0 rings (SSSR count). The van der Waals surface area contributed by atoms with Crippen molar-refractivity contribution >= 4 is 17.9 Å². The van der Waals surface area contributed by atoms with Gasteiger partial charge in [0.05, 0.1) is 0 Å². The largest absolute Gasteiger partial charge is 0.462 e. The van der Waals surface area contributed by atoms with Crippen LogP contribution < -0.4 is 0 Å². The van der Waals surface area contributed by atoms with Crippen LogP contribution in [0.1, 0.15) is 362 Å². The summed E-state index contributed by atoms with van der Waals surface area (Å²) in [7, 11) is 0. The molecule has 6 heteroatoms. The predicted molar refractivity (Wildman–Crippen MR) is 303 cm³/mol. The van der Waals surface area contributed by atoms with E-state index in [0.717, 1.165) is 69.6 Å². The average molecular weight is 990 g/mol. The summed E-state index contributed by atoms with van der Waals surface area (Å²) in [4.78, 5) is 38.3. The molecule has 6 nitrogen and oxygen atoms in total. The molecule has 0 saturated carbocycles. The molecule has 0 aliphatic carbocycles. The summed E-state index contributed by atoms with van der Waals surface area (Å²) in [6.45, 7) is 11.5. The van der Waals surface area contributed by atoms with Gasteiger partial charge in [-0.3, -0.25) is 14.4 Å². The van der Waals surface area contributed by atoms with Crippen LogP contribution in [0.3, 0.4) is 0 Å². The molecule has 3 atom stereocenters. The van der Waals surface area contributed by atoms with Gasteiger partial charge >= 0.3 is 17.9 Å². The summed E-state index contributed by atoms with van der Waals surface area (Å²) in [5, 5.41) is 0.